The molecule has 3 aliphatic rings. The molecule has 11 rings (SSSR count). The van der Waals surface area contributed by atoms with Gasteiger partial charge in [0.05, 0.1) is 58.5 Å². The van der Waals surface area contributed by atoms with Crippen molar-refractivity contribution in [3.05, 3.63) is 276 Å². The average Bonchev–Trinajstić information content (AvgIpc) is 0.827. The Hall–Kier alpha value is -7.11. The lowest BCUT2D eigenvalue weighted by atomic mass is 9.97. The zero-order chi connectivity index (χ0) is 67.3. The lowest BCUT2D eigenvalue weighted by Gasteiger charge is -2.45. The van der Waals surface area contributed by atoms with Crippen LogP contribution in [0.2, 0.25) is 0 Å². The second-order valence-corrected chi connectivity index (χ2v) is 25.5. The molecule has 2 N–H and O–H groups in total. The first kappa shape index (κ1) is 73.1. The number of rotatable bonds is 27. The van der Waals surface area contributed by atoms with E-state index in [4.69, 9.17) is 52.1 Å². The molecule has 3 heterocycles. The van der Waals surface area contributed by atoms with Crippen molar-refractivity contribution in [2.24, 2.45) is 0 Å². The van der Waals surface area contributed by atoms with E-state index in [1.54, 1.807) is 23.5 Å². The summed E-state index contributed by atoms with van der Waals surface area (Å²) in [5.41, 5.74) is 5.23. The van der Waals surface area contributed by atoms with Crippen LogP contribution in [0, 0.1) is 0 Å². The van der Waals surface area contributed by atoms with Crippen molar-refractivity contribution in [3.63, 3.8) is 0 Å². The van der Waals surface area contributed by atoms with Crippen molar-refractivity contribution in [3.8, 4) is 0 Å². The van der Waals surface area contributed by atoms with E-state index in [1.165, 1.54) is 13.8 Å². The molecular formula is C78H87FO15S2. The van der Waals surface area contributed by atoms with E-state index in [0.29, 0.717) is 32.8 Å². The van der Waals surface area contributed by atoms with E-state index in [0.717, 1.165) is 49.6 Å². The van der Waals surface area contributed by atoms with Crippen molar-refractivity contribution < 1.29 is 76.3 Å². The second-order valence-electron chi connectivity index (χ2n) is 23.2. The number of ether oxygens (including phenoxy) is 11. The second kappa shape index (κ2) is 39.3. The van der Waals surface area contributed by atoms with Gasteiger partial charge in [-0.25, -0.2) is 4.39 Å². The van der Waals surface area contributed by atoms with Gasteiger partial charge in [0, 0.05) is 23.6 Å². The minimum Gasteiger partial charge on any atom is -0.457 e. The van der Waals surface area contributed by atoms with Crippen LogP contribution in [-0.2, 0) is 101 Å². The summed E-state index contributed by atoms with van der Waals surface area (Å²) >= 11 is 3.16. The Morgan fingerprint density at radius 2 is 0.635 bits per heavy atom. The molecule has 0 spiro atoms. The molecule has 18 heteroatoms. The number of halogens is 1. The van der Waals surface area contributed by atoms with Crippen molar-refractivity contribution in [2.75, 3.05) is 6.61 Å². The van der Waals surface area contributed by atoms with Crippen molar-refractivity contribution in [2.45, 2.75) is 180 Å². The smallest absolute Gasteiger partial charge is 0.303 e. The normalized spacial score (nSPS) is 25.4. The van der Waals surface area contributed by atoms with Crippen molar-refractivity contribution in [1.29, 1.82) is 0 Å². The van der Waals surface area contributed by atoms with Crippen LogP contribution >= 0.6 is 23.5 Å². The lowest BCUT2D eigenvalue weighted by Crippen LogP contribution is -2.60. The standard InChI is InChI=1S/C29H32O5S.C27H30O4S.C22H25FO6/c1-3-25-26(31-19-22-13-7-4-8-14-22)27(33-21(2)30)28(32-20-23-15-9-5-10-16-23)29(34-25)35-24-17-11-6-12-18-24;1-2-23-25(29-18-20-12-6-3-7-13-20)24(28)26(30-19-21-14-8-4-9-15-21)27(31-23)32-22-16-10-5-11-17-22;1-15(25)28-20-19(26-13-16-8-4-2-5-9-16)18(12-24)29-22(23)21(20)27-14-17-10-6-3-7-11-17/h4-18,25-29H,3,19-20H2,1-2H3;3-17,23-28H,2,18-19H2,1H3;2-11,18-22,24H,12-14H2,1H3/t25?,26-,27+,28?,29-;23?,24-,25+,26?,27+;18?,19-,20+,21?,22+/m101/s1. The number of hydrogen-bond acceptors (Lipinski definition) is 17. The quantitative estimate of drug-likeness (QED) is 0.0465. The molecule has 15 atom stereocenters. The van der Waals surface area contributed by atoms with Gasteiger partial charge in [-0.05, 0) is 70.5 Å². The van der Waals surface area contributed by atoms with Gasteiger partial charge in [0.25, 0.3) is 0 Å². The van der Waals surface area contributed by atoms with Crippen LogP contribution in [0.25, 0.3) is 0 Å². The summed E-state index contributed by atoms with van der Waals surface area (Å²) < 4.78 is 81.3. The third kappa shape index (κ3) is 22.5. The molecule has 96 heavy (non-hydrogen) atoms. The molecule has 8 aromatic carbocycles. The maximum atomic E-state index is 14.7. The predicted octanol–water partition coefficient (Wildman–Crippen LogP) is 14.2. The molecule has 6 unspecified atom stereocenters. The summed E-state index contributed by atoms with van der Waals surface area (Å²) in [5.74, 6) is -0.959. The molecule has 0 bridgehead atoms. The van der Waals surface area contributed by atoms with Gasteiger partial charge < -0.3 is 62.3 Å². The molecule has 0 aromatic heterocycles. The molecule has 0 saturated carbocycles. The molecule has 0 amide bonds. The first-order valence-electron chi connectivity index (χ1n) is 32.6. The van der Waals surface area contributed by atoms with Gasteiger partial charge in [-0.15, -0.1) is 0 Å². The van der Waals surface area contributed by atoms with Gasteiger partial charge >= 0.3 is 11.9 Å². The fourth-order valence-electron chi connectivity index (χ4n) is 11.3. The molecule has 0 radical (unpaired) electrons. The Balaban J connectivity index is 0.000000170. The Bertz CT molecular complexity index is 3430. The molecule has 8 aromatic rings. The minimum absolute atomic E-state index is 0.113. The summed E-state index contributed by atoms with van der Waals surface area (Å²) in [6.45, 7) is 8.19. The van der Waals surface area contributed by atoms with Crippen LogP contribution in [-0.4, -0.2) is 119 Å². The number of esters is 2. The van der Waals surface area contributed by atoms with Gasteiger partial charge in [-0.3, -0.25) is 9.59 Å². The van der Waals surface area contributed by atoms with Gasteiger partial charge in [0.15, 0.2) is 18.3 Å². The van der Waals surface area contributed by atoms with Gasteiger partial charge in [0.2, 0.25) is 6.36 Å². The summed E-state index contributed by atoms with van der Waals surface area (Å²) in [6.07, 6.45) is -8.41. The minimum atomic E-state index is -1.88. The fourth-order valence-corrected chi connectivity index (χ4v) is 13.6. The lowest BCUT2D eigenvalue weighted by molar-refractivity contribution is -0.289. The summed E-state index contributed by atoms with van der Waals surface area (Å²) in [4.78, 5) is 26.1. The monoisotopic (exact) mass is 1350 g/mol. The number of aliphatic hydroxyl groups excluding tert-OH is 2. The van der Waals surface area contributed by atoms with E-state index < -0.39 is 80.0 Å². The molecule has 508 valence electrons. The van der Waals surface area contributed by atoms with Gasteiger partial charge in [0.1, 0.15) is 53.6 Å². The van der Waals surface area contributed by atoms with Crippen LogP contribution < -0.4 is 0 Å². The highest BCUT2D eigenvalue weighted by atomic mass is 32.2. The summed E-state index contributed by atoms with van der Waals surface area (Å²) in [7, 11) is 0. The van der Waals surface area contributed by atoms with Crippen LogP contribution in [0.3, 0.4) is 0 Å². The van der Waals surface area contributed by atoms with E-state index >= 15 is 0 Å². The number of carbonyl (C=O) groups is 2. The maximum absolute atomic E-state index is 14.7. The average molecular weight is 1350 g/mol. The molecule has 15 nitrogen and oxygen atoms in total. The van der Waals surface area contributed by atoms with E-state index in [2.05, 4.69) is 13.8 Å². The molecular weight excluding hydrogens is 1260 g/mol. The first-order valence-corrected chi connectivity index (χ1v) is 34.3. The third-order valence-corrected chi connectivity index (χ3v) is 18.4. The molecule has 0 aliphatic carbocycles. The zero-order valence-corrected chi connectivity index (χ0v) is 56.1. The van der Waals surface area contributed by atoms with Crippen molar-refractivity contribution in [1.82, 2.24) is 0 Å². The fraction of sp³-hybridized carbons (Fsp3) is 0.359. The SMILES string of the molecule is CC(=O)O[C@@H]1C(OCc2ccccc2)[C@@H](F)OC(CO)[C@H]1OCc1ccccc1.CCC1O[C@H](Sc2ccccc2)C(OCc2ccccc2)[C@@H](O)[C@@H]1OCc1ccccc1.CCC1O[C@H](Sc2ccccc2)C(OCc2ccccc2)[C@@H](OC(C)=O)[C@@H]1OCc1ccccc1. The number of benzene rings is 8. The van der Waals surface area contributed by atoms with Crippen LogP contribution in [0.15, 0.2) is 252 Å². The van der Waals surface area contributed by atoms with Crippen LogP contribution in [0.1, 0.15) is 73.9 Å². The number of alkyl halides is 1. The Kier molecular flexibility index (Phi) is 30.0. The number of aliphatic hydroxyl groups is 2. The highest BCUT2D eigenvalue weighted by Gasteiger charge is 2.51. The Morgan fingerprint density at radius 3 is 0.969 bits per heavy atom. The number of hydrogen-bond donors (Lipinski definition) is 2. The van der Waals surface area contributed by atoms with E-state index in [1.807, 2.05) is 243 Å². The van der Waals surface area contributed by atoms with E-state index in [-0.39, 0.29) is 42.3 Å². The van der Waals surface area contributed by atoms with Gasteiger partial charge in [-0.1, -0.05) is 256 Å². The maximum Gasteiger partial charge on any atom is 0.303 e. The zero-order valence-electron chi connectivity index (χ0n) is 54.5. The molecule has 3 saturated heterocycles. The van der Waals surface area contributed by atoms with Crippen LogP contribution in [0.4, 0.5) is 4.39 Å². The van der Waals surface area contributed by atoms with E-state index in [9.17, 15) is 24.2 Å². The van der Waals surface area contributed by atoms with Gasteiger partial charge in [-0.2, -0.15) is 0 Å². The third-order valence-electron chi connectivity index (χ3n) is 16.1. The molecule has 3 fully saturated rings. The first-order chi connectivity index (χ1) is 47.0. The highest BCUT2D eigenvalue weighted by Crippen LogP contribution is 2.40. The highest BCUT2D eigenvalue weighted by molar-refractivity contribution is 8.00. The van der Waals surface area contributed by atoms with Crippen LogP contribution in [0.5, 0.6) is 0 Å². The number of carbonyl (C=O) groups excluding carboxylic acids is 2. The topological polar surface area (TPSA) is 176 Å². The number of thioether (sulfide) groups is 2. The van der Waals surface area contributed by atoms with Crippen molar-refractivity contribution >= 4 is 35.5 Å². The largest absolute Gasteiger partial charge is 0.457 e. The summed E-state index contributed by atoms with van der Waals surface area (Å²) in [6, 6.07) is 78.7. The Morgan fingerprint density at radius 1 is 0.365 bits per heavy atom. The molecule has 3 aliphatic heterocycles. The summed E-state index contributed by atoms with van der Waals surface area (Å²) in [5, 5.41) is 21.1. The Labute approximate surface area is 571 Å². The predicted molar refractivity (Wildman–Crippen MR) is 367 cm³/mol.